The van der Waals surface area contributed by atoms with E-state index in [4.69, 9.17) is 5.73 Å². The largest absolute Gasteiger partial charge is 0.342 e. The van der Waals surface area contributed by atoms with Crippen LogP contribution in [0.4, 0.5) is 0 Å². The van der Waals surface area contributed by atoms with Crippen LogP contribution >= 0.6 is 0 Å². The normalized spacial score (nSPS) is 13.6. The Bertz CT molecular complexity index is 482. The highest BCUT2D eigenvalue weighted by molar-refractivity contribution is 5.81. The van der Waals surface area contributed by atoms with E-state index in [1.807, 2.05) is 0 Å². The Labute approximate surface area is 97.1 Å². The molecule has 2 N–H and O–H groups in total. The van der Waals surface area contributed by atoms with Gasteiger partial charge in [-0.25, -0.2) is 0 Å². The van der Waals surface area contributed by atoms with Crippen LogP contribution in [0.25, 0.3) is 10.9 Å². The molecule has 0 radical (unpaired) electrons. The summed E-state index contributed by atoms with van der Waals surface area (Å²) in [7, 11) is 0. The second-order valence-corrected chi connectivity index (χ2v) is 4.73. The lowest BCUT2D eigenvalue weighted by molar-refractivity contribution is 0.567. The zero-order valence-corrected chi connectivity index (χ0v) is 10.3. The molecule has 2 aromatic rings. The Balaban J connectivity index is 2.68. The quantitative estimate of drug-likeness (QED) is 0.838. The zero-order chi connectivity index (χ0) is 11.7. The van der Waals surface area contributed by atoms with E-state index in [0.29, 0.717) is 18.5 Å². The van der Waals surface area contributed by atoms with Crippen LogP contribution in [0.1, 0.15) is 38.4 Å². The van der Waals surface area contributed by atoms with Gasteiger partial charge in [0.25, 0.3) is 0 Å². The summed E-state index contributed by atoms with van der Waals surface area (Å²) in [6, 6.07) is 11.3. The van der Waals surface area contributed by atoms with Gasteiger partial charge in [0.15, 0.2) is 0 Å². The van der Waals surface area contributed by atoms with E-state index in [-0.39, 0.29) is 0 Å². The lowest BCUT2D eigenvalue weighted by Crippen LogP contribution is -2.14. The molecule has 0 aliphatic carbocycles. The molecule has 0 saturated carbocycles. The molecule has 0 fully saturated rings. The average molecular weight is 216 g/mol. The van der Waals surface area contributed by atoms with Crippen molar-refractivity contribution < 1.29 is 0 Å². The number of fused-ring (bicyclic) bond motifs is 1. The summed E-state index contributed by atoms with van der Waals surface area (Å²) in [5.41, 5.74) is 8.44. The summed E-state index contributed by atoms with van der Waals surface area (Å²) in [5, 5.41) is 1.31. The van der Waals surface area contributed by atoms with E-state index < -0.39 is 0 Å². The van der Waals surface area contributed by atoms with E-state index in [2.05, 4.69) is 55.7 Å². The molecular formula is C14H20N2. The second kappa shape index (κ2) is 4.30. The fourth-order valence-corrected chi connectivity index (χ4v) is 2.27. The van der Waals surface area contributed by atoms with Crippen LogP contribution in [0.15, 0.2) is 30.3 Å². The van der Waals surface area contributed by atoms with Crippen molar-refractivity contribution in [2.45, 2.75) is 32.7 Å². The maximum atomic E-state index is 5.78. The molecule has 1 unspecified atom stereocenters. The number of rotatable bonds is 3. The Morgan fingerprint density at radius 3 is 2.50 bits per heavy atom. The first-order valence-electron chi connectivity index (χ1n) is 5.95. The molecule has 2 nitrogen and oxygen atoms in total. The second-order valence-electron chi connectivity index (χ2n) is 4.73. The lowest BCUT2D eigenvalue weighted by Gasteiger charge is -2.18. The Hall–Kier alpha value is -1.28. The molecular weight excluding hydrogens is 196 g/mol. The minimum atomic E-state index is 0.412. The fraction of sp³-hybridized carbons (Fsp3) is 0.429. The number of nitrogens with zero attached hydrogens (tertiary/aromatic N) is 1. The third-order valence-corrected chi connectivity index (χ3v) is 3.15. The molecule has 0 amide bonds. The molecule has 1 aromatic heterocycles. The van der Waals surface area contributed by atoms with Crippen molar-refractivity contribution >= 4 is 10.9 Å². The minimum absolute atomic E-state index is 0.412. The molecule has 0 spiro atoms. The van der Waals surface area contributed by atoms with Crippen molar-refractivity contribution in [1.29, 1.82) is 0 Å². The molecule has 1 atom stereocenters. The highest BCUT2D eigenvalue weighted by Crippen LogP contribution is 2.28. The van der Waals surface area contributed by atoms with Gasteiger partial charge in [-0.15, -0.1) is 0 Å². The molecule has 0 aliphatic rings. The Kier molecular flexibility index (Phi) is 3.01. The topological polar surface area (TPSA) is 30.9 Å². The van der Waals surface area contributed by atoms with Crippen LogP contribution in [0.2, 0.25) is 0 Å². The predicted molar refractivity (Wildman–Crippen MR) is 69.8 cm³/mol. The van der Waals surface area contributed by atoms with Crippen LogP contribution in [0.3, 0.4) is 0 Å². The third kappa shape index (κ3) is 1.74. The summed E-state index contributed by atoms with van der Waals surface area (Å²) in [6.45, 7) is 7.33. The Morgan fingerprint density at radius 1 is 1.19 bits per heavy atom. The zero-order valence-electron chi connectivity index (χ0n) is 10.3. The fourth-order valence-electron chi connectivity index (χ4n) is 2.27. The van der Waals surface area contributed by atoms with Crippen LogP contribution in [-0.4, -0.2) is 11.1 Å². The van der Waals surface area contributed by atoms with Gasteiger partial charge in [-0.2, -0.15) is 0 Å². The standard InChI is InChI=1S/C14H20N2/c1-10(2)16-13-7-5-4-6-12(13)8-14(16)11(3)9-15/h4-8,10-11H,9,15H2,1-3H3. The highest BCUT2D eigenvalue weighted by Gasteiger charge is 2.14. The molecule has 0 aliphatic heterocycles. The van der Waals surface area contributed by atoms with E-state index in [1.165, 1.54) is 16.6 Å². The van der Waals surface area contributed by atoms with Gasteiger partial charge in [0.05, 0.1) is 0 Å². The van der Waals surface area contributed by atoms with Gasteiger partial charge in [-0.3, -0.25) is 0 Å². The van der Waals surface area contributed by atoms with Gasteiger partial charge in [0.2, 0.25) is 0 Å². The Morgan fingerprint density at radius 2 is 1.88 bits per heavy atom. The number of aromatic nitrogens is 1. The molecule has 0 saturated heterocycles. The number of benzene rings is 1. The summed E-state index contributed by atoms with van der Waals surface area (Å²) >= 11 is 0. The van der Waals surface area contributed by atoms with Crippen molar-refractivity contribution in [2.75, 3.05) is 6.54 Å². The van der Waals surface area contributed by atoms with Crippen LogP contribution in [0, 0.1) is 0 Å². The monoisotopic (exact) mass is 216 g/mol. The molecule has 2 heteroatoms. The molecule has 86 valence electrons. The average Bonchev–Trinajstić information content (AvgIpc) is 2.67. The van der Waals surface area contributed by atoms with E-state index in [0.717, 1.165) is 0 Å². The summed E-state index contributed by atoms with van der Waals surface area (Å²) in [5.74, 6) is 0.412. The number of hydrogen-bond acceptors (Lipinski definition) is 1. The van der Waals surface area contributed by atoms with Gasteiger partial charge in [0.1, 0.15) is 0 Å². The number of para-hydroxylation sites is 1. The number of hydrogen-bond donors (Lipinski definition) is 1. The van der Waals surface area contributed by atoms with Crippen molar-refractivity contribution in [3.05, 3.63) is 36.0 Å². The summed E-state index contributed by atoms with van der Waals surface area (Å²) in [6.07, 6.45) is 0. The first-order valence-corrected chi connectivity index (χ1v) is 5.95. The van der Waals surface area contributed by atoms with Crippen molar-refractivity contribution in [3.63, 3.8) is 0 Å². The first kappa shape index (κ1) is 11.2. The van der Waals surface area contributed by atoms with Crippen LogP contribution in [0.5, 0.6) is 0 Å². The van der Waals surface area contributed by atoms with Crippen molar-refractivity contribution in [3.8, 4) is 0 Å². The molecule has 2 rings (SSSR count). The third-order valence-electron chi connectivity index (χ3n) is 3.15. The van der Waals surface area contributed by atoms with E-state index >= 15 is 0 Å². The van der Waals surface area contributed by atoms with E-state index in [9.17, 15) is 0 Å². The van der Waals surface area contributed by atoms with Gasteiger partial charge >= 0.3 is 0 Å². The predicted octanol–water partition coefficient (Wildman–Crippen LogP) is 3.28. The van der Waals surface area contributed by atoms with Gasteiger partial charge in [0, 0.05) is 29.7 Å². The summed E-state index contributed by atoms with van der Waals surface area (Å²) in [4.78, 5) is 0. The minimum Gasteiger partial charge on any atom is -0.342 e. The van der Waals surface area contributed by atoms with Crippen LogP contribution in [-0.2, 0) is 0 Å². The SMILES string of the molecule is CC(CN)c1cc2ccccc2n1C(C)C. The smallest absolute Gasteiger partial charge is 0.0485 e. The van der Waals surface area contributed by atoms with Gasteiger partial charge in [-0.05, 0) is 31.4 Å². The molecule has 1 aromatic carbocycles. The maximum absolute atomic E-state index is 5.78. The summed E-state index contributed by atoms with van der Waals surface area (Å²) < 4.78 is 2.40. The van der Waals surface area contributed by atoms with Crippen LogP contribution < -0.4 is 5.73 Å². The van der Waals surface area contributed by atoms with Gasteiger partial charge < -0.3 is 10.3 Å². The highest BCUT2D eigenvalue weighted by atomic mass is 15.0. The van der Waals surface area contributed by atoms with E-state index in [1.54, 1.807) is 0 Å². The molecule has 1 heterocycles. The lowest BCUT2D eigenvalue weighted by atomic mass is 10.1. The maximum Gasteiger partial charge on any atom is 0.0485 e. The van der Waals surface area contributed by atoms with Gasteiger partial charge in [-0.1, -0.05) is 25.1 Å². The number of nitrogens with two attached hydrogens (primary N) is 1. The van der Waals surface area contributed by atoms with Crippen molar-refractivity contribution in [2.24, 2.45) is 5.73 Å². The van der Waals surface area contributed by atoms with Crippen molar-refractivity contribution in [1.82, 2.24) is 4.57 Å². The first-order chi connectivity index (χ1) is 7.65. The molecule has 16 heavy (non-hydrogen) atoms. The molecule has 0 bridgehead atoms.